The molecule has 3 nitrogen and oxygen atoms in total. The summed E-state index contributed by atoms with van der Waals surface area (Å²) in [7, 11) is 0. The van der Waals surface area contributed by atoms with Crippen molar-refractivity contribution in [3.05, 3.63) is 52.8 Å². The fraction of sp³-hybridized carbons (Fsp3) is 0.400. The van der Waals surface area contributed by atoms with Crippen LogP contribution in [0.5, 0.6) is 0 Å². The van der Waals surface area contributed by atoms with Crippen LogP contribution in [-0.4, -0.2) is 9.78 Å². The molecule has 0 bridgehead atoms. The Labute approximate surface area is 119 Å². The monoisotopic (exact) mass is 277 g/mol. The van der Waals surface area contributed by atoms with E-state index < -0.39 is 0 Å². The summed E-state index contributed by atoms with van der Waals surface area (Å²) in [6.07, 6.45) is 2.02. The minimum Gasteiger partial charge on any atom is -0.304 e. The van der Waals surface area contributed by atoms with Crippen molar-refractivity contribution >= 4 is 11.6 Å². The first-order valence-electron chi connectivity index (χ1n) is 6.59. The fourth-order valence-corrected chi connectivity index (χ4v) is 2.25. The summed E-state index contributed by atoms with van der Waals surface area (Å²) in [6.45, 7) is 7.10. The van der Waals surface area contributed by atoms with E-state index in [0.717, 1.165) is 22.8 Å². The number of benzene rings is 1. The first-order chi connectivity index (χ1) is 9.08. The molecule has 0 amide bonds. The highest BCUT2D eigenvalue weighted by Gasteiger charge is 2.09. The summed E-state index contributed by atoms with van der Waals surface area (Å²) in [5.41, 5.74) is 2.17. The minimum atomic E-state index is 0.206. The molecule has 0 saturated heterocycles. The third-order valence-corrected chi connectivity index (χ3v) is 3.50. The van der Waals surface area contributed by atoms with Gasteiger partial charge >= 0.3 is 0 Å². The summed E-state index contributed by atoms with van der Waals surface area (Å²) in [5, 5.41) is 8.77. The fourth-order valence-electron chi connectivity index (χ4n) is 1.95. The molecule has 4 heteroatoms. The second kappa shape index (κ2) is 6.22. The Morgan fingerprint density at radius 2 is 1.95 bits per heavy atom. The van der Waals surface area contributed by atoms with Crippen LogP contribution in [0.4, 0.5) is 0 Å². The molecule has 1 N–H and O–H groups in total. The third kappa shape index (κ3) is 3.58. The van der Waals surface area contributed by atoms with Crippen molar-refractivity contribution in [2.75, 3.05) is 0 Å². The van der Waals surface area contributed by atoms with E-state index in [9.17, 15) is 0 Å². The Hall–Kier alpha value is -1.32. The van der Waals surface area contributed by atoms with E-state index in [1.807, 2.05) is 41.2 Å². The van der Waals surface area contributed by atoms with E-state index in [2.05, 4.69) is 31.2 Å². The standard InChI is InChI=1S/C15H20ClN3/c1-11(2)19-9-8-13(18-19)10-17-12(3)14-6-4-5-7-15(14)16/h4-9,11-12,17H,10H2,1-3H3. The SMILES string of the molecule is CC(NCc1ccn(C(C)C)n1)c1ccccc1Cl. The first kappa shape index (κ1) is 14.1. The van der Waals surface area contributed by atoms with E-state index in [1.165, 1.54) is 0 Å². The van der Waals surface area contributed by atoms with E-state index in [1.54, 1.807) is 0 Å². The van der Waals surface area contributed by atoms with Gasteiger partial charge in [0.25, 0.3) is 0 Å². The predicted molar refractivity (Wildman–Crippen MR) is 79.3 cm³/mol. The third-order valence-electron chi connectivity index (χ3n) is 3.15. The summed E-state index contributed by atoms with van der Waals surface area (Å²) in [4.78, 5) is 0. The molecule has 1 unspecified atom stereocenters. The Balaban J connectivity index is 1.96. The van der Waals surface area contributed by atoms with Crippen LogP contribution in [0.1, 0.15) is 44.1 Å². The highest BCUT2D eigenvalue weighted by molar-refractivity contribution is 6.31. The maximum Gasteiger partial charge on any atom is 0.0762 e. The molecular formula is C15H20ClN3. The van der Waals surface area contributed by atoms with Gasteiger partial charge in [0, 0.05) is 29.8 Å². The van der Waals surface area contributed by atoms with E-state index in [0.29, 0.717) is 6.04 Å². The lowest BCUT2D eigenvalue weighted by Gasteiger charge is -2.14. The largest absolute Gasteiger partial charge is 0.304 e. The van der Waals surface area contributed by atoms with Gasteiger partial charge in [-0.05, 0) is 38.5 Å². The second-order valence-electron chi connectivity index (χ2n) is 5.00. The van der Waals surface area contributed by atoms with Crippen molar-refractivity contribution in [2.24, 2.45) is 0 Å². The molecule has 0 radical (unpaired) electrons. The quantitative estimate of drug-likeness (QED) is 0.896. The molecule has 2 rings (SSSR count). The summed E-state index contributed by atoms with van der Waals surface area (Å²) >= 11 is 6.19. The molecule has 0 aliphatic carbocycles. The van der Waals surface area contributed by atoms with Crippen molar-refractivity contribution < 1.29 is 0 Å². The number of hydrogen-bond donors (Lipinski definition) is 1. The molecule has 1 aromatic heterocycles. The van der Waals surface area contributed by atoms with Gasteiger partial charge in [0.15, 0.2) is 0 Å². The lowest BCUT2D eigenvalue weighted by Crippen LogP contribution is -2.19. The highest BCUT2D eigenvalue weighted by atomic mass is 35.5. The molecular weight excluding hydrogens is 258 g/mol. The smallest absolute Gasteiger partial charge is 0.0762 e. The summed E-state index contributed by atoms with van der Waals surface area (Å²) in [5.74, 6) is 0. The summed E-state index contributed by atoms with van der Waals surface area (Å²) in [6, 6.07) is 10.6. The Bertz CT molecular complexity index is 534. The average molecular weight is 278 g/mol. The van der Waals surface area contributed by atoms with Gasteiger partial charge < -0.3 is 5.32 Å². The topological polar surface area (TPSA) is 29.9 Å². The molecule has 1 heterocycles. The molecule has 0 fully saturated rings. The summed E-state index contributed by atoms with van der Waals surface area (Å²) < 4.78 is 1.97. The van der Waals surface area contributed by atoms with Gasteiger partial charge in [0.05, 0.1) is 5.69 Å². The number of rotatable bonds is 5. The first-order valence-corrected chi connectivity index (χ1v) is 6.97. The van der Waals surface area contributed by atoms with Crippen LogP contribution in [0, 0.1) is 0 Å². The minimum absolute atomic E-state index is 0.206. The number of nitrogens with one attached hydrogen (secondary N) is 1. The molecule has 1 aromatic carbocycles. The lowest BCUT2D eigenvalue weighted by atomic mass is 10.1. The number of hydrogen-bond acceptors (Lipinski definition) is 2. The molecule has 0 aliphatic rings. The van der Waals surface area contributed by atoms with Gasteiger partial charge in [-0.25, -0.2) is 0 Å². The molecule has 1 atom stereocenters. The zero-order chi connectivity index (χ0) is 13.8. The Morgan fingerprint density at radius 1 is 1.21 bits per heavy atom. The number of aromatic nitrogens is 2. The maximum atomic E-state index is 6.19. The van der Waals surface area contributed by atoms with E-state index >= 15 is 0 Å². The maximum absolute atomic E-state index is 6.19. The van der Waals surface area contributed by atoms with Crippen LogP contribution < -0.4 is 5.32 Å². The van der Waals surface area contributed by atoms with Crippen LogP contribution in [0.25, 0.3) is 0 Å². The normalized spacial score (nSPS) is 12.9. The van der Waals surface area contributed by atoms with E-state index in [-0.39, 0.29) is 6.04 Å². The highest BCUT2D eigenvalue weighted by Crippen LogP contribution is 2.22. The second-order valence-corrected chi connectivity index (χ2v) is 5.41. The zero-order valence-electron chi connectivity index (χ0n) is 11.6. The van der Waals surface area contributed by atoms with E-state index in [4.69, 9.17) is 11.6 Å². The van der Waals surface area contributed by atoms with Crippen molar-refractivity contribution in [1.82, 2.24) is 15.1 Å². The Morgan fingerprint density at radius 3 is 2.58 bits per heavy atom. The van der Waals surface area contributed by atoms with Crippen molar-refractivity contribution in [2.45, 2.75) is 39.4 Å². The van der Waals surface area contributed by atoms with Gasteiger partial charge in [-0.1, -0.05) is 29.8 Å². The van der Waals surface area contributed by atoms with Gasteiger partial charge in [-0.15, -0.1) is 0 Å². The van der Waals surface area contributed by atoms with Gasteiger partial charge in [-0.3, -0.25) is 4.68 Å². The van der Waals surface area contributed by atoms with Crippen LogP contribution in [0.3, 0.4) is 0 Å². The van der Waals surface area contributed by atoms with Crippen LogP contribution >= 0.6 is 11.6 Å². The van der Waals surface area contributed by atoms with Crippen molar-refractivity contribution in [3.63, 3.8) is 0 Å². The number of nitrogens with zero attached hydrogens (tertiary/aromatic N) is 2. The molecule has 102 valence electrons. The van der Waals surface area contributed by atoms with Crippen molar-refractivity contribution in [3.8, 4) is 0 Å². The Kier molecular flexibility index (Phi) is 4.61. The molecule has 2 aromatic rings. The van der Waals surface area contributed by atoms with Crippen LogP contribution in [0.2, 0.25) is 5.02 Å². The molecule has 0 aliphatic heterocycles. The van der Waals surface area contributed by atoms with Crippen LogP contribution in [0.15, 0.2) is 36.5 Å². The van der Waals surface area contributed by atoms with Gasteiger partial charge in [0.1, 0.15) is 0 Å². The number of halogens is 1. The molecule has 0 spiro atoms. The van der Waals surface area contributed by atoms with Gasteiger partial charge in [-0.2, -0.15) is 5.10 Å². The average Bonchev–Trinajstić information content (AvgIpc) is 2.85. The molecule has 0 saturated carbocycles. The van der Waals surface area contributed by atoms with Crippen molar-refractivity contribution in [1.29, 1.82) is 0 Å². The zero-order valence-corrected chi connectivity index (χ0v) is 12.4. The van der Waals surface area contributed by atoms with Crippen LogP contribution in [-0.2, 0) is 6.54 Å². The molecule has 19 heavy (non-hydrogen) atoms. The lowest BCUT2D eigenvalue weighted by molar-refractivity contribution is 0.512. The van der Waals surface area contributed by atoms with Gasteiger partial charge in [0.2, 0.25) is 0 Å². The predicted octanol–water partition coefficient (Wildman–Crippen LogP) is 3.97.